The number of halogens is 1. The number of rotatable bonds is 6. The Hall–Kier alpha value is -3.22. The summed E-state index contributed by atoms with van der Waals surface area (Å²) in [6, 6.07) is 18.4. The van der Waals surface area contributed by atoms with Gasteiger partial charge in [-0.1, -0.05) is 29.8 Å². The number of anilines is 1. The van der Waals surface area contributed by atoms with Gasteiger partial charge in [-0.05, 0) is 61.4 Å². The molecule has 0 aromatic heterocycles. The highest BCUT2D eigenvalue weighted by Gasteiger charge is 2.26. The van der Waals surface area contributed by atoms with E-state index in [0.717, 1.165) is 11.1 Å². The summed E-state index contributed by atoms with van der Waals surface area (Å²) in [7, 11) is 1.54. The highest BCUT2D eigenvalue weighted by atomic mass is 35.5. The molecule has 0 saturated carbocycles. The van der Waals surface area contributed by atoms with Gasteiger partial charge in [0.1, 0.15) is 19.0 Å². The number of aliphatic hydroxyl groups is 1. The van der Waals surface area contributed by atoms with E-state index in [1.165, 1.54) is 7.11 Å². The molecule has 7 heteroatoms. The normalized spacial score (nSPS) is 13.7. The van der Waals surface area contributed by atoms with Crippen molar-refractivity contribution in [3.63, 3.8) is 0 Å². The topological polar surface area (TPSA) is 68.2 Å². The van der Waals surface area contributed by atoms with Crippen molar-refractivity contribution in [3.8, 4) is 28.4 Å². The average Bonchev–Trinajstić information content (AvgIpc) is 2.96. The summed E-state index contributed by atoms with van der Waals surface area (Å²) in [5.74, 6) is 1.37. The number of methoxy groups -OCH3 is 1. The first-order chi connectivity index (χ1) is 15.7. The van der Waals surface area contributed by atoms with Crippen LogP contribution in [0.25, 0.3) is 11.1 Å². The molecule has 0 unspecified atom stereocenters. The molecule has 6 nitrogen and oxygen atoms in total. The number of ether oxygens (including phenoxy) is 3. The SMILES string of the molecule is COc1cc(N2CCOc3cc(-c4ccc(Cl)cc4)ccc3C2=O)ccc1OCC(C)(C)O. The number of hydrogen-bond donors (Lipinski definition) is 1. The smallest absolute Gasteiger partial charge is 0.262 e. The fourth-order valence-electron chi connectivity index (χ4n) is 3.58. The molecule has 0 spiro atoms. The van der Waals surface area contributed by atoms with E-state index in [1.807, 2.05) is 36.4 Å². The minimum atomic E-state index is -0.976. The van der Waals surface area contributed by atoms with Gasteiger partial charge in [-0.15, -0.1) is 0 Å². The third kappa shape index (κ3) is 5.24. The summed E-state index contributed by atoms with van der Waals surface area (Å²) >= 11 is 6.00. The third-order valence-corrected chi connectivity index (χ3v) is 5.50. The van der Waals surface area contributed by atoms with Crippen LogP contribution in [-0.4, -0.2) is 43.5 Å². The first-order valence-corrected chi connectivity index (χ1v) is 11.0. The molecule has 0 saturated heterocycles. The Morgan fingerprint density at radius 1 is 1.03 bits per heavy atom. The predicted molar refractivity (Wildman–Crippen MR) is 129 cm³/mol. The number of nitrogens with zero attached hydrogens (tertiary/aromatic N) is 1. The van der Waals surface area contributed by atoms with Gasteiger partial charge >= 0.3 is 0 Å². The van der Waals surface area contributed by atoms with Gasteiger partial charge in [0.2, 0.25) is 0 Å². The monoisotopic (exact) mass is 467 g/mol. The highest BCUT2D eigenvalue weighted by molar-refractivity contribution is 6.30. The van der Waals surface area contributed by atoms with Crippen molar-refractivity contribution < 1.29 is 24.1 Å². The molecule has 0 fully saturated rings. The molecule has 1 aliphatic heterocycles. The Bertz CT molecular complexity index is 1150. The lowest BCUT2D eigenvalue weighted by molar-refractivity contribution is 0.0276. The molecule has 0 atom stereocenters. The van der Waals surface area contributed by atoms with Crippen molar-refractivity contribution in [2.24, 2.45) is 0 Å². The van der Waals surface area contributed by atoms with Gasteiger partial charge in [0.25, 0.3) is 5.91 Å². The molecule has 0 radical (unpaired) electrons. The first kappa shape index (κ1) is 23.0. The van der Waals surface area contributed by atoms with Crippen molar-refractivity contribution in [1.82, 2.24) is 0 Å². The Morgan fingerprint density at radius 2 is 1.76 bits per heavy atom. The second-order valence-electron chi connectivity index (χ2n) is 8.46. The third-order valence-electron chi connectivity index (χ3n) is 5.25. The van der Waals surface area contributed by atoms with Crippen LogP contribution >= 0.6 is 11.6 Å². The van der Waals surface area contributed by atoms with Crippen molar-refractivity contribution in [1.29, 1.82) is 0 Å². The molecule has 4 rings (SSSR count). The molecule has 1 N–H and O–H groups in total. The largest absolute Gasteiger partial charge is 0.493 e. The van der Waals surface area contributed by atoms with Gasteiger partial charge in [-0.3, -0.25) is 4.79 Å². The van der Waals surface area contributed by atoms with Gasteiger partial charge in [0.15, 0.2) is 11.5 Å². The van der Waals surface area contributed by atoms with Crippen molar-refractivity contribution in [3.05, 3.63) is 71.2 Å². The minimum absolute atomic E-state index is 0.114. The Labute approximate surface area is 198 Å². The van der Waals surface area contributed by atoms with E-state index >= 15 is 0 Å². The minimum Gasteiger partial charge on any atom is -0.493 e. The number of hydrogen-bond acceptors (Lipinski definition) is 5. The second kappa shape index (κ2) is 9.33. The van der Waals surface area contributed by atoms with Crippen molar-refractivity contribution in [2.75, 3.05) is 31.8 Å². The van der Waals surface area contributed by atoms with Crippen LogP contribution in [0.3, 0.4) is 0 Å². The maximum Gasteiger partial charge on any atom is 0.262 e. The van der Waals surface area contributed by atoms with Crippen LogP contribution < -0.4 is 19.1 Å². The van der Waals surface area contributed by atoms with E-state index in [0.29, 0.717) is 46.7 Å². The zero-order valence-corrected chi connectivity index (χ0v) is 19.6. The molecule has 33 heavy (non-hydrogen) atoms. The van der Waals surface area contributed by atoms with E-state index in [-0.39, 0.29) is 12.5 Å². The van der Waals surface area contributed by atoms with Crippen LogP contribution in [0.2, 0.25) is 5.02 Å². The molecular weight excluding hydrogens is 442 g/mol. The number of fused-ring (bicyclic) bond motifs is 1. The molecular formula is C26H26ClNO5. The summed E-state index contributed by atoms with van der Waals surface area (Å²) < 4.78 is 17.1. The highest BCUT2D eigenvalue weighted by Crippen LogP contribution is 2.35. The number of amides is 1. The molecule has 1 aliphatic rings. The van der Waals surface area contributed by atoms with Crippen LogP contribution in [0.4, 0.5) is 5.69 Å². The van der Waals surface area contributed by atoms with Gasteiger partial charge < -0.3 is 24.2 Å². The predicted octanol–water partition coefficient (Wildman–Crippen LogP) is 5.20. The van der Waals surface area contributed by atoms with E-state index in [1.54, 1.807) is 43.0 Å². The molecule has 1 amide bonds. The Kier molecular flexibility index (Phi) is 6.49. The van der Waals surface area contributed by atoms with E-state index in [9.17, 15) is 9.90 Å². The standard InChI is InChI=1S/C26H26ClNO5/c1-26(2,30)16-33-22-11-9-20(15-24(22)31-3)28-12-13-32-23-14-18(6-10-21(23)25(28)29)17-4-7-19(27)8-5-17/h4-11,14-15,30H,12-13,16H2,1-3H3. The lowest BCUT2D eigenvalue weighted by Gasteiger charge is -2.23. The quantitative estimate of drug-likeness (QED) is 0.539. The summed E-state index contributed by atoms with van der Waals surface area (Å²) in [5.41, 5.74) is 2.13. The second-order valence-corrected chi connectivity index (χ2v) is 8.90. The Balaban J connectivity index is 1.61. The van der Waals surface area contributed by atoms with Gasteiger partial charge in [0, 0.05) is 16.8 Å². The van der Waals surface area contributed by atoms with E-state index in [2.05, 4.69) is 0 Å². The summed E-state index contributed by atoms with van der Waals surface area (Å²) in [4.78, 5) is 15.1. The fourth-order valence-corrected chi connectivity index (χ4v) is 3.70. The molecule has 172 valence electrons. The summed E-state index contributed by atoms with van der Waals surface area (Å²) in [5, 5.41) is 10.6. The molecule has 3 aromatic carbocycles. The van der Waals surface area contributed by atoms with Gasteiger partial charge in [0.05, 0.1) is 24.8 Å². The van der Waals surface area contributed by atoms with Crippen molar-refractivity contribution in [2.45, 2.75) is 19.4 Å². The lowest BCUT2D eigenvalue weighted by Crippen LogP contribution is -2.32. The Morgan fingerprint density at radius 3 is 2.45 bits per heavy atom. The maximum atomic E-state index is 13.4. The molecule has 1 heterocycles. The van der Waals surface area contributed by atoms with Crippen LogP contribution in [0.15, 0.2) is 60.7 Å². The number of benzene rings is 3. The van der Waals surface area contributed by atoms with Crippen LogP contribution in [-0.2, 0) is 0 Å². The molecule has 0 bridgehead atoms. The first-order valence-electron chi connectivity index (χ1n) is 10.6. The van der Waals surface area contributed by atoms with E-state index < -0.39 is 5.60 Å². The lowest BCUT2D eigenvalue weighted by atomic mass is 10.0. The van der Waals surface area contributed by atoms with Crippen LogP contribution in [0.1, 0.15) is 24.2 Å². The van der Waals surface area contributed by atoms with Crippen LogP contribution in [0.5, 0.6) is 17.2 Å². The maximum absolute atomic E-state index is 13.4. The number of carbonyl (C=O) groups is 1. The average molecular weight is 468 g/mol. The van der Waals surface area contributed by atoms with Crippen LogP contribution in [0, 0.1) is 0 Å². The fraction of sp³-hybridized carbons (Fsp3) is 0.269. The van der Waals surface area contributed by atoms with Gasteiger partial charge in [-0.25, -0.2) is 0 Å². The number of carbonyl (C=O) groups excluding carboxylic acids is 1. The van der Waals surface area contributed by atoms with E-state index in [4.69, 9.17) is 25.8 Å². The van der Waals surface area contributed by atoms with Gasteiger partial charge in [-0.2, -0.15) is 0 Å². The zero-order valence-electron chi connectivity index (χ0n) is 18.8. The summed E-state index contributed by atoms with van der Waals surface area (Å²) in [6.07, 6.45) is 0. The summed E-state index contributed by atoms with van der Waals surface area (Å²) in [6.45, 7) is 4.18. The zero-order chi connectivity index (χ0) is 23.6. The molecule has 3 aromatic rings. The molecule has 0 aliphatic carbocycles. The van der Waals surface area contributed by atoms with Crippen molar-refractivity contribution >= 4 is 23.2 Å².